The standard InChI is InChI=1S/C31H36ClN7O3S2/c32-23-5-4-22-14-30(43-28(22)15-23)44(41,42)38-18-25(17-36-11-7-24(8-12-36)37-9-1-2-10-37)39(29(40)19-38)16-21-3-6-26-27(13-21)34-20-35-31(26)33/h3-6,13-15,20,24-25H,1-2,7-12,16-19H2,(H2,33,34,35)/t25-/m0/s1. The fourth-order valence-corrected chi connectivity index (χ4v) is 10.2. The van der Waals surface area contributed by atoms with Gasteiger partial charge in [-0.3, -0.25) is 4.79 Å². The minimum Gasteiger partial charge on any atom is -0.383 e. The summed E-state index contributed by atoms with van der Waals surface area (Å²) in [6.45, 7) is 5.28. The van der Waals surface area contributed by atoms with Crippen LogP contribution < -0.4 is 5.73 Å². The number of piperidine rings is 1. The van der Waals surface area contributed by atoms with E-state index in [4.69, 9.17) is 17.3 Å². The van der Waals surface area contributed by atoms with Crippen LogP contribution in [0.1, 0.15) is 31.2 Å². The molecule has 0 unspecified atom stereocenters. The number of rotatable bonds is 7. The third kappa shape index (κ3) is 5.91. The van der Waals surface area contributed by atoms with Crippen LogP contribution in [0, 0.1) is 0 Å². The molecule has 4 aromatic rings. The van der Waals surface area contributed by atoms with Crippen LogP contribution in [0.15, 0.2) is 53.0 Å². The predicted octanol–water partition coefficient (Wildman–Crippen LogP) is 4.04. The molecule has 1 atom stereocenters. The summed E-state index contributed by atoms with van der Waals surface area (Å²) in [5.41, 5.74) is 7.66. The maximum absolute atomic E-state index is 13.9. The van der Waals surface area contributed by atoms with Crippen molar-refractivity contribution in [3.05, 3.63) is 59.4 Å². The highest BCUT2D eigenvalue weighted by atomic mass is 35.5. The van der Waals surface area contributed by atoms with Crippen molar-refractivity contribution in [1.29, 1.82) is 0 Å². The monoisotopic (exact) mass is 653 g/mol. The molecule has 0 radical (unpaired) electrons. The van der Waals surface area contributed by atoms with Gasteiger partial charge in [0.05, 0.1) is 18.1 Å². The SMILES string of the molecule is Nc1ncnc2cc(CN3C(=O)CN(S(=O)(=O)c4cc5ccc(Cl)cc5s4)C[C@@H]3CN3CCC(N4CCCC4)CC3)ccc12. The molecular weight excluding hydrogens is 618 g/mol. The van der Waals surface area contributed by atoms with Gasteiger partial charge in [0.15, 0.2) is 0 Å². The number of nitrogens with two attached hydrogens (primary N) is 1. The largest absolute Gasteiger partial charge is 0.383 e. The number of fused-ring (bicyclic) bond motifs is 2. The second kappa shape index (κ2) is 12.1. The van der Waals surface area contributed by atoms with Gasteiger partial charge < -0.3 is 20.4 Å². The van der Waals surface area contributed by atoms with E-state index in [1.807, 2.05) is 29.2 Å². The number of nitrogens with zero attached hydrogens (tertiary/aromatic N) is 6. The Morgan fingerprint density at radius 1 is 1.00 bits per heavy atom. The molecule has 3 aliphatic rings. The molecule has 2 aromatic carbocycles. The van der Waals surface area contributed by atoms with E-state index in [-0.39, 0.29) is 29.2 Å². The van der Waals surface area contributed by atoms with Crippen LogP contribution in [0.25, 0.3) is 21.0 Å². The number of hydrogen-bond acceptors (Lipinski definition) is 9. The van der Waals surface area contributed by atoms with Crippen LogP contribution in [-0.4, -0.2) is 101 Å². The first-order valence-electron chi connectivity index (χ1n) is 15.2. The summed E-state index contributed by atoms with van der Waals surface area (Å²) in [5, 5.41) is 2.14. The van der Waals surface area contributed by atoms with E-state index in [0.29, 0.717) is 35.5 Å². The van der Waals surface area contributed by atoms with Gasteiger partial charge in [-0.1, -0.05) is 23.7 Å². The smallest absolute Gasteiger partial charge is 0.253 e. The quantitative estimate of drug-likeness (QED) is 0.318. The number of sulfonamides is 1. The van der Waals surface area contributed by atoms with Crippen molar-refractivity contribution in [3.8, 4) is 0 Å². The lowest BCUT2D eigenvalue weighted by Gasteiger charge is -2.44. The van der Waals surface area contributed by atoms with Crippen LogP contribution in [0.5, 0.6) is 0 Å². The van der Waals surface area contributed by atoms with Gasteiger partial charge >= 0.3 is 0 Å². The molecule has 0 aliphatic carbocycles. The van der Waals surface area contributed by atoms with Crippen LogP contribution in [0.4, 0.5) is 5.82 Å². The lowest BCUT2D eigenvalue weighted by Crippen LogP contribution is -2.61. The molecule has 0 saturated carbocycles. The Bertz CT molecular complexity index is 1800. The average Bonchev–Trinajstić information content (AvgIpc) is 3.70. The summed E-state index contributed by atoms with van der Waals surface area (Å²) in [5.74, 6) is 0.207. The van der Waals surface area contributed by atoms with Crippen LogP contribution in [0.3, 0.4) is 0 Å². The summed E-state index contributed by atoms with van der Waals surface area (Å²) in [6, 6.07) is 13.1. The number of likely N-dealkylation sites (tertiary alicyclic amines) is 2. The fraction of sp³-hybridized carbons (Fsp3) is 0.452. The Balaban J connectivity index is 1.14. The first-order chi connectivity index (χ1) is 21.2. The molecule has 44 heavy (non-hydrogen) atoms. The van der Waals surface area contributed by atoms with Crippen molar-refractivity contribution >= 4 is 65.7 Å². The van der Waals surface area contributed by atoms with E-state index in [2.05, 4.69) is 19.8 Å². The predicted molar refractivity (Wildman–Crippen MR) is 174 cm³/mol. The van der Waals surface area contributed by atoms with Crippen molar-refractivity contribution in [2.24, 2.45) is 0 Å². The number of hydrogen-bond donors (Lipinski definition) is 1. The van der Waals surface area contributed by atoms with Crippen LogP contribution >= 0.6 is 22.9 Å². The van der Waals surface area contributed by atoms with E-state index in [9.17, 15) is 13.2 Å². The van der Waals surface area contributed by atoms with Crippen molar-refractivity contribution in [2.45, 2.75) is 48.5 Å². The molecular formula is C31H36ClN7O3S2. The lowest BCUT2D eigenvalue weighted by atomic mass is 10.0. The van der Waals surface area contributed by atoms with Gasteiger partial charge in [-0.25, -0.2) is 18.4 Å². The topological polar surface area (TPSA) is 116 Å². The van der Waals surface area contributed by atoms with Crippen LogP contribution in [-0.2, 0) is 21.4 Å². The molecule has 1 amide bonds. The van der Waals surface area contributed by atoms with Gasteiger partial charge in [0.1, 0.15) is 16.4 Å². The van der Waals surface area contributed by atoms with E-state index in [0.717, 1.165) is 47.0 Å². The van der Waals surface area contributed by atoms with Crippen molar-refractivity contribution in [2.75, 3.05) is 51.5 Å². The minimum absolute atomic E-state index is 0.201. The number of carbonyl (C=O) groups excluding carboxylic acids is 1. The molecule has 3 fully saturated rings. The Hall–Kier alpha value is -2.87. The first kappa shape index (κ1) is 29.8. The molecule has 232 valence electrons. The Kier molecular flexibility index (Phi) is 8.23. The van der Waals surface area contributed by atoms with E-state index in [1.54, 1.807) is 18.2 Å². The molecule has 2 N–H and O–H groups in total. The molecule has 2 aromatic heterocycles. The van der Waals surface area contributed by atoms with Gasteiger partial charge in [-0.05, 0) is 93.1 Å². The second-order valence-electron chi connectivity index (χ2n) is 12.1. The summed E-state index contributed by atoms with van der Waals surface area (Å²) in [6.07, 6.45) is 6.19. The number of carbonyl (C=O) groups is 1. The fourth-order valence-electron chi connectivity index (χ4n) is 6.93. The minimum atomic E-state index is -3.89. The molecule has 5 heterocycles. The maximum atomic E-state index is 13.9. The summed E-state index contributed by atoms with van der Waals surface area (Å²) in [4.78, 5) is 29.2. The molecule has 0 bridgehead atoms. The lowest BCUT2D eigenvalue weighted by molar-refractivity contribution is -0.139. The van der Waals surface area contributed by atoms with E-state index in [1.165, 1.54) is 47.9 Å². The number of aromatic nitrogens is 2. The number of piperazine rings is 1. The van der Waals surface area contributed by atoms with E-state index >= 15 is 0 Å². The molecule has 7 rings (SSSR count). The summed E-state index contributed by atoms with van der Waals surface area (Å²) < 4.78 is 30.3. The average molecular weight is 654 g/mol. The highest BCUT2D eigenvalue weighted by molar-refractivity contribution is 7.91. The zero-order chi connectivity index (χ0) is 30.4. The summed E-state index contributed by atoms with van der Waals surface area (Å²) >= 11 is 7.36. The molecule has 10 nitrogen and oxygen atoms in total. The molecule has 3 saturated heterocycles. The van der Waals surface area contributed by atoms with Crippen molar-refractivity contribution < 1.29 is 13.2 Å². The normalized spacial score (nSPS) is 21.6. The number of thiophene rings is 1. The number of halogens is 1. The number of benzene rings is 2. The zero-order valence-corrected chi connectivity index (χ0v) is 26.8. The second-order valence-corrected chi connectivity index (χ2v) is 15.8. The Morgan fingerprint density at radius 2 is 1.80 bits per heavy atom. The third-order valence-corrected chi connectivity index (χ3v) is 12.9. The van der Waals surface area contributed by atoms with Gasteiger partial charge in [-0.15, -0.1) is 11.3 Å². The molecule has 0 spiro atoms. The molecule has 3 aliphatic heterocycles. The first-order valence-corrected chi connectivity index (χ1v) is 17.8. The number of amides is 1. The van der Waals surface area contributed by atoms with Crippen LogP contribution in [0.2, 0.25) is 5.02 Å². The van der Waals surface area contributed by atoms with Gasteiger partial charge in [0.25, 0.3) is 10.0 Å². The maximum Gasteiger partial charge on any atom is 0.253 e. The highest BCUT2D eigenvalue weighted by Gasteiger charge is 2.40. The Labute approximate surface area is 266 Å². The Morgan fingerprint density at radius 3 is 2.59 bits per heavy atom. The zero-order valence-electron chi connectivity index (χ0n) is 24.4. The summed E-state index contributed by atoms with van der Waals surface area (Å²) in [7, 11) is -3.89. The third-order valence-electron chi connectivity index (χ3n) is 9.31. The van der Waals surface area contributed by atoms with Crippen molar-refractivity contribution in [1.82, 2.24) is 29.0 Å². The van der Waals surface area contributed by atoms with Gasteiger partial charge in [0.2, 0.25) is 5.91 Å². The number of anilines is 1. The molecule has 13 heteroatoms. The highest BCUT2D eigenvalue weighted by Crippen LogP contribution is 2.34. The van der Waals surface area contributed by atoms with Crippen molar-refractivity contribution in [3.63, 3.8) is 0 Å². The number of nitrogen functional groups attached to an aromatic ring is 1. The van der Waals surface area contributed by atoms with E-state index < -0.39 is 10.0 Å². The van der Waals surface area contributed by atoms with Gasteiger partial charge in [0, 0.05) is 40.8 Å². The van der Waals surface area contributed by atoms with Gasteiger partial charge in [-0.2, -0.15) is 4.31 Å².